The van der Waals surface area contributed by atoms with Crippen LogP contribution in [0.4, 0.5) is 13.2 Å². The molecule has 0 aliphatic rings. The highest BCUT2D eigenvalue weighted by molar-refractivity contribution is 14.1. The molecule has 86 valence electrons. The summed E-state index contributed by atoms with van der Waals surface area (Å²) in [5, 5.41) is 0.615. The first-order valence-corrected chi connectivity index (χ1v) is 5.56. The fourth-order valence-corrected chi connectivity index (χ4v) is 2.58. The molecule has 16 heavy (non-hydrogen) atoms. The average Bonchev–Trinajstić information content (AvgIpc) is 2.42. The molecule has 8 heteroatoms. The van der Waals surface area contributed by atoms with Gasteiger partial charge in [0.2, 0.25) is 0 Å². The van der Waals surface area contributed by atoms with E-state index in [1.807, 2.05) is 22.6 Å². The summed E-state index contributed by atoms with van der Waals surface area (Å²) in [5.74, 6) is 0. The number of fused-ring (bicyclic) bond motifs is 1. The van der Waals surface area contributed by atoms with Gasteiger partial charge in [0.15, 0.2) is 0 Å². The minimum atomic E-state index is -4.29. The van der Waals surface area contributed by atoms with Gasteiger partial charge in [-0.05, 0) is 22.6 Å². The van der Waals surface area contributed by atoms with Crippen LogP contribution in [0, 0.1) is 3.57 Å². The smallest absolute Gasteiger partial charge is 0.322 e. The Hall–Kier alpha value is -0.570. The van der Waals surface area contributed by atoms with E-state index < -0.39 is 12.7 Å². The Balaban J connectivity index is 2.60. The predicted octanol–water partition coefficient (Wildman–Crippen LogP) is 3.25. The van der Waals surface area contributed by atoms with E-state index in [1.54, 1.807) is 0 Å². The van der Waals surface area contributed by atoms with Crippen molar-refractivity contribution in [1.29, 1.82) is 0 Å². The minimum absolute atomic E-state index is 0.162. The number of rotatable bonds is 1. The van der Waals surface area contributed by atoms with Gasteiger partial charge in [-0.15, -0.1) is 0 Å². The lowest BCUT2D eigenvalue weighted by Gasteiger charge is -2.07. The molecule has 0 fully saturated rings. The molecule has 2 rings (SSSR count). The summed E-state index contributed by atoms with van der Waals surface area (Å²) in [6.45, 7) is -1.08. The lowest BCUT2D eigenvalue weighted by atomic mass is 10.4. The highest BCUT2D eigenvalue weighted by atomic mass is 127. The van der Waals surface area contributed by atoms with Crippen molar-refractivity contribution < 1.29 is 13.2 Å². The number of aromatic nitrogens is 3. The third kappa shape index (κ3) is 2.24. The Labute approximate surface area is 107 Å². The topological polar surface area (TPSA) is 30.7 Å². The third-order valence-electron chi connectivity index (χ3n) is 1.91. The fourth-order valence-electron chi connectivity index (χ4n) is 1.35. The fraction of sp³-hybridized carbons (Fsp3) is 0.250. The van der Waals surface area contributed by atoms with Crippen LogP contribution in [0.15, 0.2) is 12.5 Å². The molecule has 0 N–H and O–H groups in total. The Morgan fingerprint density at radius 2 is 2.06 bits per heavy atom. The van der Waals surface area contributed by atoms with Gasteiger partial charge in [-0.3, -0.25) is 0 Å². The number of hydrogen-bond donors (Lipinski definition) is 0. The first kappa shape index (κ1) is 11.9. The molecule has 0 spiro atoms. The summed E-state index contributed by atoms with van der Waals surface area (Å²) in [6, 6.07) is 0. The zero-order valence-electron chi connectivity index (χ0n) is 7.59. The monoisotopic (exact) mass is 361 g/mol. The molecule has 0 aromatic carbocycles. The Morgan fingerprint density at radius 1 is 1.38 bits per heavy atom. The van der Waals surface area contributed by atoms with Crippen molar-refractivity contribution in [2.45, 2.75) is 12.7 Å². The lowest BCUT2D eigenvalue weighted by Crippen LogP contribution is -2.17. The van der Waals surface area contributed by atoms with E-state index in [0.29, 0.717) is 8.96 Å². The Bertz CT molecular complexity index is 537. The minimum Gasteiger partial charge on any atom is -0.322 e. The van der Waals surface area contributed by atoms with Crippen LogP contribution in [0.3, 0.4) is 0 Å². The second kappa shape index (κ2) is 4.02. The molecule has 3 nitrogen and oxygen atoms in total. The second-order valence-corrected chi connectivity index (χ2v) is 4.60. The summed E-state index contributed by atoms with van der Waals surface area (Å²) in [7, 11) is 0. The van der Waals surface area contributed by atoms with E-state index in [0.717, 1.165) is 10.9 Å². The van der Waals surface area contributed by atoms with Gasteiger partial charge in [-0.2, -0.15) is 13.2 Å². The highest BCUT2D eigenvalue weighted by Crippen LogP contribution is 2.28. The van der Waals surface area contributed by atoms with Crippen molar-refractivity contribution >= 4 is 45.2 Å². The number of nitrogens with zero attached hydrogens (tertiary/aromatic N) is 3. The summed E-state index contributed by atoms with van der Waals surface area (Å²) in [5.41, 5.74) is 0.196. The lowest BCUT2D eigenvalue weighted by molar-refractivity contribution is -0.139. The van der Waals surface area contributed by atoms with Crippen LogP contribution >= 0.6 is 34.2 Å². The van der Waals surface area contributed by atoms with Crippen molar-refractivity contribution in [3.05, 3.63) is 21.2 Å². The zero-order chi connectivity index (χ0) is 11.9. The van der Waals surface area contributed by atoms with Gasteiger partial charge in [0, 0.05) is 9.77 Å². The SMILES string of the molecule is FC(F)(F)Cn1cc(I)c2c(Cl)ncnc21. The van der Waals surface area contributed by atoms with Gasteiger partial charge in [0.25, 0.3) is 0 Å². The molecule has 0 radical (unpaired) electrons. The molecule has 0 saturated heterocycles. The number of alkyl halides is 3. The molecular weight excluding hydrogens is 357 g/mol. The summed E-state index contributed by atoms with van der Waals surface area (Å²) in [6.07, 6.45) is -1.78. The molecule has 0 aliphatic heterocycles. The van der Waals surface area contributed by atoms with Gasteiger partial charge >= 0.3 is 6.18 Å². The Kier molecular flexibility index (Phi) is 2.99. The van der Waals surface area contributed by atoms with E-state index in [4.69, 9.17) is 11.6 Å². The maximum atomic E-state index is 12.3. The van der Waals surface area contributed by atoms with Crippen LogP contribution in [-0.4, -0.2) is 20.7 Å². The standard InChI is InChI=1S/C8H4ClF3IN3/c9-6-5-4(13)1-16(2-8(10,11)12)7(5)15-3-14-6/h1,3H,2H2. The maximum Gasteiger partial charge on any atom is 0.406 e. The van der Waals surface area contributed by atoms with Gasteiger partial charge in [-0.1, -0.05) is 11.6 Å². The van der Waals surface area contributed by atoms with Crippen molar-refractivity contribution in [1.82, 2.24) is 14.5 Å². The highest BCUT2D eigenvalue weighted by Gasteiger charge is 2.29. The van der Waals surface area contributed by atoms with Crippen LogP contribution in [0.2, 0.25) is 5.15 Å². The van der Waals surface area contributed by atoms with Gasteiger partial charge in [-0.25, -0.2) is 9.97 Å². The van der Waals surface area contributed by atoms with Crippen LogP contribution < -0.4 is 0 Å². The maximum absolute atomic E-state index is 12.3. The van der Waals surface area contributed by atoms with E-state index in [1.165, 1.54) is 6.20 Å². The third-order valence-corrected chi connectivity index (χ3v) is 3.02. The normalized spacial score (nSPS) is 12.3. The molecule has 0 unspecified atom stereocenters. The molecule has 0 bridgehead atoms. The van der Waals surface area contributed by atoms with Crippen LogP contribution in [0.5, 0.6) is 0 Å². The number of halogens is 5. The molecule has 0 amide bonds. The molecule has 0 atom stereocenters. The van der Waals surface area contributed by atoms with E-state index in [-0.39, 0.29) is 10.8 Å². The van der Waals surface area contributed by atoms with Gasteiger partial charge in [0.05, 0.1) is 5.39 Å². The van der Waals surface area contributed by atoms with E-state index in [9.17, 15) is 13.2 Å². The summed E-state index contributed by atoms with van der Waals surface area (Å²) in [4.78, 5) is 7.54. The first-order valence-electron chi connectivity index (χ1n) is 4.10. The van der Waals surface area contributed by atoms with Crippen molar-refractivity contribution in [3.63, 3.8) is 0 Å². The molecule has 2 heterocycles. The molecule has 0 saturated carbocycles. The second-order valence-electron chi connectivity index (χ2n) is 3.08. The summed E-state index contributed by atoms with van der Waals surface area (Å²) >= 11 is 7.70. The first-order chi connectivity index (χ1) is 7.38. The Morgan fingerprint density at radius 3 is 2.69 bits per heavy atom. The molecule has 2 aromatic heterocycles. The average molecular weight is 361 g/mol. The van der Waals surface area contributed by atoms with E-state index in [2.05, 4.69) is 9.97 Å². The molecular formula is C8H4ClF3IN3. The predicted molar refractivity (Wildman–Crippen MR) is 61.3 cm³/mol. The van der Waals surface area contributed by atoms with Crippen LogP contribution in [0.25, 0.3) is 11.0 Å². The van der Waals surface area contributed by atoms with Gasteiger partial charge < -0.3 is 4.57 Å². The molecule has 0 aliphatic carbocycles. The van der Waals surface area contributed by atoms with E-state index >= 15 is 0 Å². The van der Waals surface area contributed by atoms with Crippen LogP contribution in [0.1, 0.15) is 0 Å². The van der Waals surface area contributed by atoms with Crippen molar-refractivity contribution in [3.8, 4) is 0 Å². The summed E-state index contributed by atoms with van der Waals surface area (Å²) < 4.78 is 38.5. The zero-order valence-corrected chi connectivity index (χ0v) is 10.5. The van der Waals surface area contributed by atoms with Crippen molar-refractivity contribution in [2.24, 2.45) is 0 Å². The van der Waals surface area contributed by atoms with Crippen LogP contribution in [-0.2, 0) is 6.54 Å². The molecule has 2 aromatic rings. The quantitative estimate of drug-likeness (QED) is 0.577. The van der Waals surface area contributed by atoms with Gasteiger partial charge in [0.1, 0.15) is 23.7 Å². The van der Waals surface area contributed by atoms with Crippen molar-refractivity contribution in [2.75, 3.05) is 0 Å². The largest absolute Gasteiger partial charge is 0.406 e. The number of hydrogen-bond acceptors (Lipinski definition) is 2.